The molecule has 1 unspecified atom stereocenters. The Balaban J connectivity index is 1.95. The molecule has 1 heterocycles. The Morgan fingerprint density at radius 1 is 1.40 bits per heavy atom. The standard InChI is InChI=1S/C14H16N2O2S2/c1-3-10-4-6-11(7-5-10)15-12(17)8-16-13(18)9(2)20-14(16)19/h4-7,9H,3,8H2,1-2H3,(H,15,17). The maximum absolute atomic E-state index is 11.9. The van der Waals surface area contributed by atoms with Crippen LogP contribution in [0, 0.1) is 0 Å². The van der Waals surface area contributed by atoms with Gasteiger partial charge in [0.25, 0.3) is 0 Å². The van der Waals surface area contributed by atoms with E-state index < -0.39 is 0 Å². The average molecular weight is 308 g/mol. The van der Waals surface area contributed by atoms with E-state index in [1.54, 1.807) is 6.92 Å². The molecule has 0 aliphatic carbocycles. The number of nitrogens with one attached hydrogen (secondary N) is 1. The number of thioether (sulfide) groups is 1. The van der Waals surface area contributed by atoms with Crippen molar-refractivity contribution in [1.29, 1.82) is 0 Å². The summed E-state index contributed by atoms with van der Waals surface area (Å²) >= 11 is 6.42. The molecule has 4 nitrogen and oxygen atoms in total. The molecule has 1 aromatic carbocycles. The van der Waals surface area contributed by atoms with Gasteiger partial charge in [-0.25, -0.2) is 0 Å². The van der Waals surface area contributed by atoms with E-state index in [1.807, 2.05) is 24.3 Å². The SMILES string of the molecule is CCc1ccc(NC(=O)CN2C(=O)C(C)SC2=S)cc1. The Morgan fingerprint density at radius 3 is 2.55 bits per heavy atom. The number of carbonyl (C=O) groups excluding carboxylic acids is 2. The summed E-state index contributed by atoms with van der Waals surface area (Å²) in [5.41, 5.74) is 1.94. The quantitative estimate of drug-likeness (QED) is 0.868. The van der Waals surface area contributed by atoms with Gasteiger partial charge in [-0.15, -0.1) is 0 Å². The van der Waals surface area contributed by atoms with Gasteiger partial charge in [0.2, 0.25) is 11.8 Å². The van der Waals surface area contributed by atoms with Crippen LogP contribution in [0.1, 0.15) is 19.4 Å². The zero-order valence-corrected chi connectivity index (χ0v) is 13.0. The number of rotatable bonds is 4. The van der Waals surface area contributed by atoms with Crippen LogP contribution >= 0.6 is 24.0 Å². The fourth-order valence-corrected chi connectivity index (χ4v) is 3.28. The number of nitrogens with zero attached hydrogens (tertiary/aromatic N) is 1. The molecule has 1 aliphatic rings. The van der Waals surface area contributed by atoms with Crippen molar-refractivity contribution in [3.05, 3.63) is 29.8 Å². The van der Waals surface area contributed by atoms with Crippen molar-refractivity contribution in [2.24, 2.45) is 0 Å². The van der Waals surface area contributed by atoms with Gasteiger partial charge >= 0.3 is 0 Å². The number of anilines is 1. The van der Waals surface area contributed by atoms with Gasteiger partial charge in [0.15, 0.2) is 0 Å². The summed E-state index contributed by atoms with van der Waals surface area (Å²) in [4.78, 5) is 25.1. The molecule has 2 rings (SSSR count). The molecule has 20 heavy (non-hydrogen) atoms. The van der Waals surface area contributed by atoms with Crippen LogP contribution in [0.2, 0.25) is 0 Å². The molecule has 0 radical (unpaired) electrons. The highest BCUT2D eigenvalue weighted by Crippen LogP contribution is 2.26. The van der Waals surface area contributed by atoms with Crippen molar-refractivity contribution in [2.75, 3.05) is 11.9 Å². The van der Waals surface area contributed by atoms with Crippen LogP contribution in [-0.2, 0) is 16.0 Å². The maximum atomic E-state index is 11.9. The zero-order chi connectivity index (χ0) is 14.7. The minimum Gasteiger partial charge on any atom is -0.325 e. The predicted octanol–water partition coefficient (Wildman–Crippen LogP) is 2.44. The van der Waals surface area contributed by atoms with Crippen molar-refractivity contribution in [1.82, 2.24) is 4.90 Å². The fourth-order valence-electron chi connectivity index (χ4n) is 1.89. The van der Waals surface area contributed by atoms with E-state index in [0.29, 0.717) is 4.32 Å². The molecule has 1 aliphatic heterocycles. The summed E-state index contributed by atoms with van der Waals surface area (Å²) in [5, 5.41) is 2.58. The van der Waals surface area contributed by atoms with E-state index in [9.17, 15) is 9.59 Å². The van der Waals surface area contributed by atoms with Crippen LogP contribution in [0.5, 0.6) is 0 Å². The van der Waals surface area contributed by atoms with Gasteiger partial charge in [0, 0.05) is 5.69 Å². The summed E-state index contributed by atoms with van der Waals surface area (Å²) < 4.78 is 0.471. The van der Waals surface area contributed by atoms with E-state index >= 15 is 0 Å². The molecule has 6 heteroatoms. The number of benzene rings is 1. The number of amides is 2. The monoisotopic (exact) mass is 308 g/mol. The van der Waals surface area contributed by atoms with E-state index in [4.69, 9.17) is 12.2 Å². The lowest BCUT2D eigenvalue weighted by Crippen LogP contribution is -2.37. The topological polar surface area (TPSA) is 49.4 Å². The van der Waals surface area contributed by atoms with Crippen molar-refractivity contribution < 1.29 is 9.59 Å². The van der Waals surface area contributed by atoms with Crippen LogP contribution in [0.25, 0.3) is 0 Å². The largest absolute Gasteiger partial charge is 0.325 e. The summed E-state index contributed by atoms with van der Waals surface area (Å²) in [5.74, 6) is -0.337. The molecule has 106 valence electrons. The second-order valence-electron chi connectivity index (χ2n) is 4.55. The number of carbonyl (C=O) groups is 2. The lowest BCUT2D eigenvalue weighted by molar-refractivity contribution is -0.129. The van der Waals surface area contributed by atoms with Gasteiger partial charge in [-0.2, -0.15) is 0 Å². The molecule has 1 aromatic rings. The van der Waals surface area contributed by atoms with Gasteiger partial charge in [0.05, 0.1) is 5.25 Å². The second kappa shape index (κ2) is 6.37. The molecule has 1 atom stereocenters. The first-order chi connectivity index (χ1) is 9.51. The van der Waals surface area contributed by atoms with E-state index in [2.05, 4.69) is 12.2 Å². The van der Waals surface area contributed by atoms with E-state index in [1.165, 1.54) is 22.2 Å². The third-order valence-electron chi connectivity index (χ3n) is 3.06. The first kappa shape index (κ1) is 15.0. The average Bonchev–Trinajstić information content (AvgIpc) is 2.66. The van der Waals surface area contributed by atoms with Crippen molar-refractivity contribution in [3.63, 3.8) is 0 Å². The second-order valence-corrected chi connectivity index (χ2v) is 6.52. The first-order valence-electron chi connectivity index (χ1n) is 6.42. The minimum absolute atomic E-state index is 0.0233. The zero-order valence-electron chi connectivity index (χ0n) is 11.4. The van der Waals surface area contributed by atoms with Gasteiger partial charge in [-0.1, -0.05) is 43.0 Å². The summed E-state index contributed by atoms with van der Waals surface area (Å²) in [6, 6.07) is 7.66. The number of thiocarbonyl (C=S) groups is 1. The molecule has 0 aromatic heterocycles. The molecule has 0 saturated carbocycles. The maximum Gasteiger partial charge on any atom is 0.244 e. The summed E-state index contributed by atoms with van der Waals surface area (Å²) in [6.07, 6.45) is 0.958. The molecule has 2 amide bonds. The number of aryl methyl sites for hydroxylation is 1. The molecule has 0 bridgehead atoms. The summed E-state index contributed by atoms with van der Waals surface area (Å²) in [7, 11) is 0. The fraction of sp³-hybridized carbons (Fsp3) is 0.357. The number of hydrogen-bond donors (Lipinski definition) is 1. The Labute approximate surface area is 127 Å². The van der Waals surface area contributed by atoms with Crippen LogP contribution in [-0.4, -0.2) is 32.8 Å². The first-order valence-corrected chi connectivity index (χ1v) is 7.71. The van der Waals surface area contributed by atoms with Crippen molar-refractivity contribution in [3.8, 4) is 0 Å². The minimum atomic E-state index is -0.236. The van der Waals surface area contributed by atoms with Gasteiger partial charge in [0.1, 0.15) is 10.9 Å². The van der Waals surface area contributed by atoms with Crippen molar-refractivity contribution >= 4 is 45.8 Å². The summed E-state index contributed by atoms with van der Waals surface area (Å²) in [6.45, 7) is 3.84. The molecule has 1 saturated heterocycles. The highest BCUT2D eigenvalue weighted by Gasteiger charge is 2.34. The van der Waals surface area contributed by atoms with Crippen LogP contribution in [0.3, 0.4) is 0 Å². The third-order valence-corrected chi connectivity index (χ3v) is 4.55. The lowest BCUT2D eigenvalue weighted by atomic mass is 10.1. The van der Waals surface area contributed by atoms with Gasteiger partial charge < -0.3 is 5.32 Å². The van der Waals surface area contributed by atoms with Crippen LogP contribution in [0.4, 0.5) is 5.69 Å². The Hall–Kier alpha value is -1.40. The Kier molecular flexibility index (Phi) is 4.77. The van der Waals surface area contributed by atoms with E-state index in [0.717, 1.165) is 12.1 Å². The smallest absolute Gasteiger partial charge is 0.244 e. The third kappa shape index (κ3) is 3.37. The molecule has 1 N–H and O–H groups in total. The molecule has 1 fully saturated rings. The van der Waals surface area contributed by atoms with Gasteiger partial charge in [-0.3, -0.25) is 14.5 Å². The molecular formula is C14H16N2O2S2. The molecular weight excluding hydrogens is 292 g/mol. The predicted molar refractivity (Wildman–Crippen MR) is 85.8 cm³/mol. The Bertz CT molecular complexity index is 543. The van der Waals surface area contributed by atoms with Crippen molar-refractivity contribution in [2.45, 2.75) is 25.5 Å². The highest BCUT2D eigenvalue weighted by molar-refractivity contribution is 8.24. The Morgan fingerprint density at radius 2 is 2.05 bits per heavy atom. The van der Waals surface area contributed by atoms with Gasteiger partial charge in [-0.05, 0) is 31.0 Å². The molecule has 0 spiro atoms. The van der Waals surface area contributed by atoms with Crippen LogP contribution in [0.15, 0.2) is 24.3 Å². The van der Waals surface area contributed by atoms with Crippen LogP contribution < -0.4 is 5.32 Å². The lowest BCUT2D eigenvalue weighted by Gasteiger charge is -2.15. The highest BCUT2D eigenvalue weighted by atomic mass is 32.2. The normalized spacial score (nSPS) is 18.5. The number of hydrogen-bond acceptors (Lipinski definition) is 4. The van der Waals surface area contributed by atoms with E-state index in [-0.39, 0.29) is 23.6 Å².